The van der Waals surface area contributed by atoms with Crippen LogP contribution in [0.5, 0.6) is 0 Å². The number of aryl methyl sites for hydroxylation is 3. The molecule has 1 aromatic carbocycles. The minimum atomic E-state index is 0.0940. The second-order valence-electron chi connectivity index (χ2n) is 4.31. The zero-order chi connectivity index (χ0) is 12.6. The zero-order valence-electron chi connectivity index (χ0n) is 10.5. The van der Waals surface area contributed by atoms with E-state index in [4.69, 9.17) is 0 Å². The molecular weight excluding hydrogens is 230 g/mol. The first-order chi connectivity index (χ1) is 7.99. The summed E-state index contributed by atoms with van der Waals surface area (Å²) < 4.78 is 0. The third kappa shape index (κ3) is 2.29. The second-order valence-corrected chi connectivity index (χ2v) is 5.31. The van der Waals surface area contributed by atoms with Crippen LogP contribution in [0.25, 0.3) is 10.6 Å². The van der Waals surface area contributed by atoms with Crippen LogP contribution in [0.2, 0.25) is 0 Å². The van der Waals surface area contributed by atoms with Crippen LogP contribution in [0.4, 0.5) is 0 Å². The summed E-state index contributed by atoms with van der Waals surface area (Å²) in [4.78, 5) is 16.7. The first-order valence-electron chi connectivity index (χ1n) is 5.55. The number of hydrogen-bond donors (Lipinski definition) is 0. The molecule has 0 aliphatic rings. The first kappa shape index (κ1) is 12.0. The highest BCUT2D eigenvalue weighted by Gasteiger charge is 2.14. The van der Waals surface area contributed by atoms with Crippen molar-refractivity contribution in [1.82, 2.24) is 4.98 Å². The Morgan fingerprint density at radius 1 is 1.24 bits per heavy atom. The molecule has 0 saturated heterocycles. The molecule has 1 aromatic heterocycles. The molecule has 0 N–H and O–H groups in total. The van der Waals surface area contributed by atoms with E-state index < -0.39 is 0 Å². The molecule has 3 heteroatoms. The van der Waals surface area contributed by atoms with Crippen LogP contribution in [-0.2, 0) is 0 Å². The van der Waals surface area contributed by atoms with Crippen molar-refractivity contribution >= 4 is 17.1 Å². The van der Waals surface area contributed by atoms with Gasteiger partial charge in [0.1, 0.15) is 5.01 Å². The molecule has 0 bridgehead atoms. The first-order valence-corrected chi connectivity index (χ1v) is 6.36. The molecule has 1 heterocycles. The molecule has 2 nitrogen and oxygen atoms in total. The van der Waals surface area contributed by atoms with Crippen molar-refractivity contribution in [3.63, 3.8) is 0 Å². The van der Waals surface area contributed by atoms with Crippen LogP contribution in [0.15, 0.2) is 18.2 Å². The minimum absolute atomic E-state index is 0.0940. The van der Waals surface area contributed by atoms with Gasteiger partial charge in [-0.25, -0.2) is 4.98 Å². The van der Waals surface area contributed by atoms with Crippen LogP contribution >= 0.6 is 11.3 Å². The number of ketones is 1. The molecule has 0 fully saturated rings. The van der Waals surface area contributed by atoms with Gasteiger partial charge in [-0.05, 0) is 32.4 Å². The number of rotatable bonds is 2. The number of benzene rings is 1. The summed E-state index contributed by atoms with van der Waals surface area (Å²) in [6.45, 7) is 7.61. The molecule has 0 atom stereocenters. The molecule has 0 saturated carbocycles. The smallest absolute Gasteiger partial charge is 0.171 e. The highest BCUT2D eigenvalue weighted by atomic mass is 32.1. The molecule has 0 radical (unpaired) electrons. The van der Waals surface area contributed by atoms with E-state index in [2.05, 4.69) is 37.0 Å². The Kier molecular flexibility index (Phi) is 3.11. The van der Waals surface area contributed by atoms with E-state index in [1.807, 2.05) is 6.92 Å². The predicted octanol–water partition coefficient (Wildman–Crippen LogP) is 3.94. The molecule has 88 valence electrons. The number of hydrogen-bond acceptors (Lipinski definition) is 3. The van der Waals surface area contributed by atoms with Crippen LogP contribution in [0.3, 0.4) is 0 Å². The lowest BCUT2D eigenvalue weighted by atomic mass is 10.1. The van der Waals surface area contributed by atoms with Crippen LogP contribution < -0.4 is 0 Å². The van der Waals surface area contributed by atoms with Crippen molar-refractivity contribution in [3.8, 4) is 10.6 Å². The second kappa shape index (κ2) is 4.41. The number of carbonyl (C=O) groups excluding carboxylic acids is 1. The topological polar surface area (TPSA) is 30.0 Å². The lowest BCUT2D eigenvalue weighted by Gasteiger charge is -2.03. The van der Waals surface area contributed by atoms with Gasteiger partial charge >= 0.3 is 0 Å². The summed E-state index contributed by atoms with van der Waals surface area (Å²) in [6, 6.07) is 6.30. The van der Waals surface area contributed by atoms with Gasteiger partial charge in [-0.15, -0.1) is 11.3 Å². The summed E-state index contributed by atoms with van der Waals surface area (Å²) in [7, 11) is 0. The molecule has 0 aliphatic heterocycles. The van der Waals surface area contributed by atoms with Gasteiger partial charge in [0, 0.05) is 12.5 Å². The Bertz CT molecular complexity index is 584. The monoisotopic (exact) mass is 245 g/mol. The van der Waals surface area contributed by atoms with Gasteiger partial charge in [-0.2, -0.15) is 0 Å². The van der Waals surface area contributed by atoms with E-state index in [1.54, 1.807) is 6.92 Å². The molecule has 17 heavy (non-hydrogen) atoms. The average Bonchev–Trinajstić information content (AvgIpc) is 2.64. The van der Waals surface area contributed by atoms with E-state index in [0.29, 0.717) is 0 Å². The third-order valence-corrected chi connectivity index (χ3v) is 4.03. The number of aromatic nitrogens is 1. The van der Waals surface area contributed by atoms with Crippen LogP contribution in [-0.4, -0.2) is 10.8 Å². The molecule has 0 unspecified atom stereocenters. The van der Waals surface area contributed by atoms with Crippen LogP contribution in [0, 0.1) is 20.8 Å². The van der Waals surface area contributed by atoms with Crippen molar-refractivity contribution in [2.45, 2.75) is 27.7 Å². The fourth-order valence-electron chi connectivity index (χ4n) is 1.80. The van der Waals surface area contributed by atoms with Gasteiger partial charge in [0.25, 0.3) is 0 Å². The molecular formula is C14H15NOS. The number of Topliss-reactive ketones (excluding diaryl/α,β-unsaturated/α-hetero) is 1. The van der Waals surface area contributed by atoms with Crippen molar-refractivity contribution in [3.05, 3.63) is 39.9 Å². The Morgan fingerprint density at radius 3 is 2.53 bits per heavy atom. The maximum absolute atomic E-state index is 11.4. The standard InChI is InChI=1S/C14H15NOS/c1-8-5-6-9(2)12(7-8)14-15-10(3)13(17-14)11(4)16/h5-7H,1-4H3. The molecule has 0 amide bonds. The van der Waals surface area contributed by atoms with E-state index in [9.17, 15) is 4.79 Å². The highest BCUT2D eigenvalue weighted by Crippen LogP contribution is 2.30. The van der Waals surface area contributed by atoms with Gasteiger partial charge in [-0.1, -0.05) is 17.7 Å². The maximum atomic E-state index is 11.4. The number of nitrogens with zero attached hydrogens (tertiary/aromatic N) is 1. The average molecular weight is 245 g/mol. The van der Waals surface area contributed by atoms with Crippen LogP contribution in [0.1, 0.15) is 33.4 Å². The SMILES string of the molecule is CC(=O)c1sc(-c2cc(C)ccc2C)nc1C. The van der Waals surface area contributed by atoms with Crippen molar-refractivity contribution in [2.24, 2.45) is 0 Å². The molecule has 2 rings (SSSR count). The molecule has 2 aromatic rings. The van der Waals surface area contributed by atoms with Gasteiger partial charge in [0.2, 0.25) is 0 Å². The maximum Gasteiger partial charge on any atom is 0.171 e. The Balaban J connectivity index is 2.57. The summed E-state index contributed by atoms with van der Waals surface area (Å²) in [5.74, 6) is 0.0940. The Morgan fingerprint density at radius 2 is 1.94 bits per heavy atom. The predicted molar refractivity (Wildman–Crippen MR) is 71.8 cm³/mol. The fourth-order valence-corrected chi connectivity index (χ4v) is 2.85. The zero-order valence-corrected chi connectivity index (χ0v) is 11.3. The third-order valence-electron chi connectivity index (χ3n) is 2.74. The molecule has 0 spiro atoms. The minimum Gasteiger partial charge on any atom is -0.294 e. The van der Waals surface area contributed by atoms with Gasteiger partial charge < -0.3 is 0 Å². The van der Waals surface area contributed by atoms with Gasteiger partial charge in [0.15, 0.2) is 5.78 Å². The lowest BCUT2D eigenvalue weighted by Crippen LogP contribution is -1.89. The summed E-state index contributed by atoms with van der Waals surface area (Å²) in [5, 5.41) is 0.939. The van der Waals surface area contributed by atoms with Crippen molar-refractivity contribution in [2.75, 3.05) is 0 Å². The van der Waals surface area contributed by atoms with Gasteiger partial charge in [-0.3, -0.25) is 4.79 Å². The number of carbonyl (C=O) groups is 1. The molecule has 0 aliphatic carbocycles. The van der Waals surface area contributed by atoms with E-state index in [0.717, 1.165) is 21.1 Å². The van der Waals surface area contributed by atoms with Crippen molar-refractivity contribution < 1.29 is 4.79 Å². The number of thiazole rings is 1. The Labute approximate surface area is 105 Å². The van der Waals surface area contributed by atoms with E-state index in [1.165, 1.54) is 22.5 Å². The van der Waals surface area contributed by atoms with Gasteiger partial charge in [0.05, 0.1) is 10.6 Å². The highest BCUT2D eigenvalue weighted by molar-refractivity contribution is 7.17. The Hall–Kier alpha value is -1.48. The fraction of sp³-hybridized carbons (Fsp3) is 0.286. The summed E-state index contributed by atoms with van der Waals surface area (Å²) >= 11 is 1.48. The quantitative estimate of drug-likeness (QED) is 0.750. The van der Waals surface area contributed by atoms with E-state index >= 15 is 0 Å². The summed E-state index contributed by atoms with van der Waals surface area (Å²) in [5.41, 5.74) is 4.37. The van der Waals surface area contributed by atoms with Crippen molar-refractivity contribution in [1.29, 1.82) is 0 Å². The normalized spacial score (nSPS) is 10.6. The summed E-state index contributed by atoms with van der Waals surface area (Å²) in [6.07, 6.45) is 0. The largest absolute Gasteiger partial charge is 0.294 e. The van der Waals surface area contributed by atoms with E-state index in [-0.39, 0.29) is 5.78 Å². The lowest BCUT2D eigenvalue weighted by molar-refractivity contribution is 0.102.